The van der Waals surface area contributed by atoms with Crippen molar-refractivity contribution in [3.05, 3.63) is 65.7 Å². The lowest BCUT2D eigenvalue weighted by Gasteiger charge is -2.53. The van der Waals surface area contributed by atoms with Crippen molar-refractivity contribution in [1.29, 1.82) is 0 Å². The molecule has 0 heterocycles. The van der Waals surface area contributed by atoms with Gasteiger partial charge in [0.05, 0.1) is 12.7 Å². The monoisotopic (exact) mass is 360 g/mol. The molecule has 0 spiro atoms. The molecule has 0 aliphatic heterocycles. The van der Waals surface area contributed by atoms with Gasteiger partial charge in [0.25, 0.3) is 0 Å². The number of hydrogen-bond donors (Lipinski definition) is 5. The molecule has 5 atom stereocenters. The van der Waals surface area contributed by atoms with Crippen LogP contribution in [0.1, 0.15) is 15.9 Å². The van der Waals surface area contributed by atoms with Gasteiger partial charge in [-0.2, -0.15) is 0 Å². The molecule has 2 aromatic rings. The topological polar surface area (TPSA) is 127 Å². The van der Waals surface area contributed by atoms with Crippen LogP contribution in [0.4, 0.5) is 0 Å². The maximum Gasteiger partial charge on any atom is 0.229 e. The number of aliphatic hydroxyl groups is 5. The highest BCUT2D eigenvalue weighted by atomic mass is 16.6. The van der Waals surface area contributed by atoms with Gasteiger partial charge in [-0.05, 0) is 12.1 Å². The number of rotatable bonds is 6. The van der Waals surface area contributed by atoms with Crippen molar-refractivity contribution in [2.45, 2.75) is 24.1 Å². The second kappa shape index (κ2) is 7.14. The lowest BCUT2D eigenvalue weighted by atomic mass is 9.64. The molecule has 0 saturated heterocycles. The van der Waals surface area contributed by atoms with Gasteiger partial charge in [-0.15, -0.1) is 0 Å². The minimum Gasteiger partial charge on any atom is -0.462 e. The first-order valence-corrected chi connectivity index (χ1v) is 8.13. The SMILES string of the molecule is O=C(c1ccccc1)c1cccc(OC(O)C2(O)C(O)C(O)C2CO)c1. The Labute approximate surface area is 149 Å². The van der Waals surface area contributed by atoms with Crippen molar-refractivity contribution in [2.75, 3.05) is 6.61 Å². The van der Waals surface area contributed by atoms with E-state index in [1.165, 1.54) is 12.1 Å². The van der Waals surface area contributed by atoms with E-state index in [0.717, 1.165) is 0 Å². The molecular formula is C19H20O7. The summed E-state index contributed by atoms with van der Waals surface area (Å²) in [5.41, 5.74) is -1.41. The Bertz CT molecular complexity index is 778. The molecule has 0 aromatic heterocycles. The predicted molar refractivity (Wildman–Crippen MR) is 90.5 cm³/mol. The molecule has 0 amide bonds. The number of carbonyl (C=O) groups excluding carboxylic acids is 1. The number of hydrogen-bond acceptors (Lipinski definition) is 7. The summed E-state index contributed by atoms with van der Waals surface area (Å²) in [6.07, 6.45) is -4.93. The van der Waals surface area contributed by atoms with Gasteiger partial charge in [0.15, 0.2) is 11.4 Å². The molecule has 0 radical (unpaired) electrons. The third kappa shape index (κ3) is 3.00. The summed E-state index contributed by atoms with van der Waals surface area (Å²) >= 11 is 0. The van der Waals surface area contributed by atoms with Gasteiger partial charge in [0.2, 0.25) is 6.29 Å². The zero-order chi connectivity index (χ0) is 18.9. The van der Waals surface area contributed by atoms with Crippen LogP contribution >= 0.6 is 0 Å². The number of ketones is 1. The van der Waals surface area contributed by atoms with Crippen molar-refractivity contribution in [3.63, 3.8) is 0 Å². The van der Waals surface area contributed by atoms with E-state index in [1.54, 1.807) is 42.5 Å². The Morgan fingerprint density at radius 3 is 2.38 bits per heavy atom. The molecule has 26 heavy (non-hydrogen) atoms. The highest BCUT2D eigenvalue weighted by molar-refractivity contribution is 6.09. The number of benzene rings is 2. The molecule has 138 valence electrons. The Morgan fingerprint density at radius 2 is 1.73 bits per heavy atom. The van der Waals surface area contributed by atoms with E-state index in [4.69, 9.17) is 4.74 Å². The summed E-state index contributed by atoms with van der Waals surface area (Å²) in [6, 6.07) is 14.6. The molecule has 2 aromatic carbocycles. The van der Waals surface area contributed by atoms with Crippen LogP contribution in [-0.4, -0.2) is 62.0 Å². The zero-order valence-electron chi connectivity index (χ0n) is 13.8. The molecule has 1 aliphatic rings. The van der Waals surface area contributed by atoms with Gasteiger partial charge in [0, 0.05) is 17.0 Å². The molecule has 1 fully saturated rings. The Kier molecular flexibility index (Phi) is 5.08. The van der Waals surface area contributed by atoms with E-state index in [2.05, 4.69) is 0 Å². The minimum absolute atomic E-state index is 0.0954. The number of carbonyl (C=O) groups is 1. The fourth-order valence-corrected chi connectivity index (χ4v) is 3.14. The third-order valence-corrected chi connectivity index (χ3v) is 4.78. The van der Waals surface area contributed by atoms with Crippen molar-refractivity contribution in [3.8, 4) is 5.75 Å². The Balaban J connectivity index is 1.78. The standard InChI is InChI=1S/C19H20O7/c20-10-14-16(22)17(23)19(14,25)18(24)26-13-8-4-7-12(9-13)15(21)11-5-2-1-3-6-11/h1-9,14,16-18,20,22-25H,10H2. The second-order valence-electron chi connectivity index (χ2n) is 6.30. The summed E-state index contributed by atoms with van der Waals surface area (Å²) < 4.78 is 5.27. The Hall–Kier alpha value is -2.29. The molecule has 7 nitrogen and oxygen atoms in total. The van der Waals surface area contributed by atoms with Gasteiger partial charge >= 0.3 is 0 Å². The van der Waals surface area contributed by atoms with E-state index in [-0.39, 0.29) is 11.5 Å². The lowest BCUT2D eigenvalue weighted by molar-refractivity contribution is -0.332. The maximum atomic E-state index is 12.5. The minimum atomic E-state index is -2.21. The van der Waals surface area contributed by atoms with Crippen LogP contribution in [-0.2, 0) is 0 Å². The van der Waals surface area contributed by atoms with E-state index in [1.807, 2.05) is 0 Å². The highest BCUT2D eigenvalue weighted by Crippen LogP contribution is 2.42. The lowest BCUT2D eigenvalue weighted by Crippen LogP contribution is -2.76. The van der Waals surface area contributed by atoms with Crippen molar-refractivity contribution < 1.29 is 35.1 Å². The predicted octanol–water partition coefficient (Wildman–Crippen LogP) is -0.310. The van der Waals surface area contributed by atoms with E-state index >= 15 is 0 Å². The number of ether oxygens (including phenoxy) is 1. The molecule has 7 heteroatoms. The van der Waals surface area contributed by atoms with Gasteiger partial charge in [-0.3, -0.25) is 4.79 Å². The van der Waals surface area contributed by atoms with Crippen molar-refractivity contribution in [2.24, 2.45) is 5.92 Å². The van der Waals surface area contributed by atoms with Crippen LogP contribution in [0.25, 0.3) is 0 Å². The van der Waals surface area contributed by atoms with Crippen LogP contribution in [0.15, 0.2) is 54.6 Å². The van der Waals surface area contributed by atoms with E-state index < -0.39 is 36.6 Å². The molecule has 0 bridgehead atoms. The third-order valence-electron chi connectivity index (χ3n) is 4.78. The largest absolute Gasteiger partial charge is 0.462 e. The van der Waals surface area contributed by atoms with E-state index in [0.29, 0.717) is 11.1 Å². The van der Waals surface area contributed by atoms with Crippen molar-refractivity contribution in [1.82, 2.24) is 0 Å². The Morgan fingerprint density at radius 1 is 1.08 bits per heavy atom. The average molecular weight is 360 g/mol. The van der Waals surface area contributed by atoms with Crippen LogP contribution in [0.3, 0.4) is 0 Å². The molecule has 5 N–H and O–H groups in total. The summed E-state index contributed by atoms with van der Waals surface area (Å²) in [4.78, 5) is 12.5. The fourth-order valence-electron chi connectivity index (χ4n) is 3.14. The normalized spacial score (nSPS) is 28.9. The first-order valence-electron chi connectivity index (χ1n) is 8.13. The summed E-state index contributed by atoms with van der Waals surface area (Å²) in [6.45, 7) is -0.637. The summed E-state index contributed by atoms with van der Waals surface area (Å²) in [5, 5.41) is 49.1. The zero-order valence-corrected chi connectivity index (χ0v) is 13.8. The summed E-state index contributed by atoms with van der Waals surface area (Å²) in [7, 11) is 0. The van der Waals surface area contributed by atoms with E-state index in [9.17, 15) is 30.3 Å². The van der Waals surface area contributed by atoms with Gasteiger partial charge in [-0.1, -0.05) is 42.5 Å². The van der Waals surface area contributed by atoms with Crippen LogP contribution in [0.5, 0.6) is 5.75 Å². The summed E-state index contributed by atoms with van der Waals surface area (Å²) in [5.74, 6) is -1.30. The maximum absolute atomic E-state index is 12.5. The van der Waals surface area contributed by atoms with Gasteiger partial charge in [0.1, 0.15) is 11.9 Å². The number of aliphatic hydroxyl groups excluding tert-OH is 4. The van der Waals surface area contributed by atoms with Crippen LogP contribution < -0.4 is 4.74 Å². The second-order valence-corrected chi connectivity index (χ2v) is 6.30. The van der Waals surface area contributed by atoms with Crippen LogP contribution in [0.2, 0.25) is 0 Å². The first-order chi connectivity index (χ1) is 12.4. The average Bonchev–Trinajstić information content (AvgIpc) is 2.68. The molecule has 3 rings (SSSR count). The van der Waals surface area contributed by atoms with Gasteiger partial charge in [-0.25, -0.2) is 0 Å². The molecule has 5 unspecified atom stereocenters. The smallest absolute Gasteiger partial charge is 0.229 e. The van der Waals surface area contributed by atoms with Gasteiger partial charge < -0.3 is 30.3 Å². The molecule has 1 saturated carbocycles. The van der Waals surface area contributed by atoms with Crippen molar-refractivity contribution >= 4 is 5.78 Å². The van der Waals surface area contributed by atoms with Crippen LogP contribution in [0, 0.1) is 5.92 Å². The first kappa shape index (κ1) is 18.5. The molecule has 1 aliphatic carbocycles. The highest BCUT2D eigenvalue weighted by Gasteiger charge is 2.65. The molecular weight excluding hydrogens is 340 g/mol. The quantitative estimate of drug-likeness (QED) is 0.353. The fraction of sp³-hybridized carbons (Fsp3) is 0.316.